The summed E-state index contributed by atoms with van der Waals surface area (Å²) in [6, 6.07) is 9.39. The fraction of sp³-hybridized carbons (Fsp3) is 0.250. The van der Waals surface area contributed by atoms with Crippen molar-refractivity contribution < 1.29 is 4.79 Å². The van der Waals surface area contributed by atoms with Gasteiger partial charge in [0.05, 0.1) is 5.75 Å². The lowest BCUT2D eigenvalue weighted by Gasteiger charge is -2.04. The lowest BCUT2D eigenvalue weighted by molar-refractivity contribution is -0.113. The highest BCUT2D eigenvalue weighted by Crippen LogP contribution is 2.15. The third kappa shape index (κ3) is 3.10. The Labute approximate surface area is 110 Å². The first-order valence-electron chi connectivity index (χ1n) is 5.50. The molecule has 18 heavy (non-hydrogen) atoms. The van der Waals surface area contributed by atoms with Crippen LogP contribution in [0.1, 0.15) is 5.82 Å². The molecule has 0 aliphatic carbocycles. The largest absolute Gasteiger partial charge is 0.325 e. The van der Waals surface area contributed by atoms with Gasteiger partial charge >= 0.3 is 0 Å². The molecule has 1 aromatic carbocycles. The van der Waals surface area contributed by atoms with Crippen LogP contribution in [0.3, 0.4) is 0 Å². The minimum atomic E-state index is -0.0492. The van der Waals surface area contributed by atoms with Crippen LogP contribution in [0.2, 0.25) is 0 Å². The highest BCUT2D eigenvalue weighted by atomic mass is 32.2. The van der Waals surface area contributed by atoms with Crippen molar-refractivity contribution in [3.8, 4) is 0 Å². The van der Waals surface area contributed by atoms with E-state index in [0.717, 1.165) is 16.7 Å². The number of nitrogens with zero attached hydrogens (tertiary/aromatic N) is 3. The normalized spacial score (nSPS) is 10.3. The molecule has 6 heteroatoms. The summed E-state index contributed by atoms with van der Waals surface area (Å²) in [5.74, 6) is 1.11. The number of benzene rings is 1. The summed E-state index contributed by atoms with van der Waals surface area (Å²) in [6.45, 7) is 1.88. The average Bonchev–Trinajstić information content (AvgIpc) is 2.69. The van der Waals surface area contributed by atoms with Crippen LogP contribution in [0.25, 0.3) is 0 Å². The van der Waals surface area contributed by atoms with Gasteiger partial charge in [-0.25, -0.2) is 0 Å². The summed E-state index contributed by atoms with van der Waals surface area (Å²) < 4.78 is 1.86. The quantitative estimate of drug-likeness (QED) is 0.854. The van der Waals surface area contributed by atoms with E-state index in [9.17, 15) is 4.79 Å². The number of nitrogens with one attached hydrogen (secondary N) is 1. The van der Waals surface area contributed by atoms with E-state index < -0.39 is 0 Å². The number of anilines is 1. The van der Waals surface area contributed by atoms with E-state index in [1.54, 1.807) is 0 Å². The second-order valence-corrected chi connectivity index (χ2v) is 4.73. The van der Waals surface area contributed by atoms with Gasteiger partial charge < -0.3 is 9.88 Å². The summed E-state index contributed by atoms with van der Waals surface area (Å²) in [5.41, 5.74) is 0.803. The van der Waals surface area contributed by atoms with E-state index in [1.165, 1.54) is 11.8 Å². The molecule has 0 saturated carbocycles. The van der Waals surface area contributed by atoms with Gasteiger partial charge in [-0.1, -0.05) is 30.0 Å². The van der Waals surface area contributed by atoms with Gasteiger partial charge in [0.15, 0.2) is 5.16 Å². The van der Waals surface area contributed by atoms with Crippen molar-refractivity contribution in [2.24, 2.45) is 7.05 Å². The monoisotopic (exact) mass is 262 g/mol. The Morgan fingerprint density at radius 2 is 2.06 bits per heavy atom. The topological polar surface area (TPSA) is 59.8 Å². The summed E-state index contributed by atoms with van der Waals surface area (Å²) in [6.07, 6.45) is 0. The Morgan fingerprint density at radius 1 is 1.33 bits per heavy atom. The highest BCUT2D eigenvalue weighted by Gasteiger charge is 2.08. The maximum atomic E-state index is 11.7. The molecule has 0 aliphatic rings. The molecule has 1 heterocycles. The summed E-state index contributed by atoms with van der Waals surface area (Å²) in [7, 11) is 1.88. The first kappa shape index (κ1) is 12.6. The van der Waals surface area contributed by atoms with Crippen LogP contribution in [0.15, 0.2) is 35.5 Å². The smallest absolute Gasteiger partial charge is 0.234 e. The molecular formula is C12H14N4OS. The molecule has 0 radical (unpaired) electrons. The van der Waals surface area contributed by atoms with Crippen molar-refractivity contribution in [1.82, 2.24) is 14.8 Å². The van der Waals surface area contributed by atoms with Crippen LogP contribution in [0, 0.1) is 6.92 Å². The summed E-state index contributed by atoms with van der Waals surface area (Å²) in [5, 5.41) is 11.5. The zero-order chi connectivity index (χ0) is 13.0. The third-order valence-electron chi connectivity index (χ3n) is 2.44. The van der Waals surface area contributed by atoms with Crippen molar-refractivity contribution in [2.75, 3.05) is 11.1 Å². The van der Waals surface area contributed by atoms with Gasteiger partial charge in [-0.05, 0) is 19.1 Å². The first-order chi connectivity index (χ1) is 8.66. The van der Waals surface area contributed by atoms with Crippen molar-refractivity contribution in [1.29, 1.82) is 0 Å². The molecule has 0 fully saturated rings. The molecule has 1 aromatic heterocycles. The van der Waals surface area contributed by atoms with Gasteiger partial charge in [0, 0.05) is 12.7 Å². The number of hydrogen-bond donors (Lipinski definition) is 1. The van der Waals surface area contributed by atoms with Crippen LogP contribution in [-0.4, -0.2) is 26.4 Å². The van der Waals surface area contributed by atoms with E-state index in [4.69, 9.17) is 0 Å². The predicted molar refractivity (Wildman–Crippen MR) is 71.5 cm³/mol. The molecule has 0 aliphatic heterocycles. The van der Waals surface area contributed by atoms with E-state index in [1.807, 2.05) is 48.9 Å². The second kappa shape index (κ2) is 5.68. The third-order valence-corrected chi connectivity index (χ3v) is 3.46. The molecule has 0 bridgehead atoms. The van der Waals surface area contributed by atoms with E-state index in [0.29, 0.717) is 5.75 Å². The molecule has 0 saturated heterocycles. The molecule has 1 N–H and O–H groups in total. The van der Waals surface area contributed by atoms with Gasteiger partial charge in [0.2, 0.25) is 5.91 Å². The molecular weight excluding hydrogens is 248 g/mol. The maximum Gasteiger partial charge on any atom is 0.234 e. The number of carbonyl (C=O) groups excluding carboxylic acids is 1. The van der Waals surface area contributed by atoms with Crippen LogP contribution >= 0.6 is 11.8 Å². The van der Waals surface area contributed by atoms with Gasteiger partial charge in [0.1, 0.15) is 5.82 Å². The van der Waals surface area contributed by atoms with E-state index >= 15 is 0 Å². The molecule has 0 spiro atoms. The van der Waals surface area contributed by atoms with Crippen molar-refractivity contribution >= 4 is 23.4 Å². The molecule has 94 valence electrons. The second-order valence-electron chi connectivity index (χ2n) is 3.79. The van der Waals surface area contributed by atoms with Gasteiger partial charge in [-0.15, -0.1) is 10.2 Å². The Morgan fingerprint density at radius 3 is 2.67 bits per heavy atom. The lowest BCUT2D eigenvalue weighted by atomic mass is 10.3. The fourth-order valence-electron chi connectivity index (χ4n) is 1.36. The number of para-hydroxylation sites is 1. The summed E-state index contributed by atoms with van der Waals surface area (Å²) in [4.78, 5) is 11.7. The van der Waals surface area contributed by atoms with Gasteiger partial charge in [-0.2, -0.15) is 0 Å². The SMILES string of the molecule is Cc1nnc(SCC(=O)Nc2ccccc2)n1C. The van der Waals surface area contributed by atoms with Crippen LogP contribution < -0.4 is 5.32 Å². The van der Waals surface area contributed by atoms with Crippen molar-refractivity contribution in [3.63, 3.8) is 0 Å². The zero-order valence-corrected chi connectivity index (χ0v) is 11.1. The zero-order valence-electron chi connectivity index (χ0n) is 10.3. The summed E-state index contributed by atoms with van der Waals surface area (Å²) >= 11 is 1.37. The average molecular weight is 262 g/mol. The van der Waals surface area contributed by atoms with E-state index in [-0.39, 0.29) is 5.91 Å². The minimum Gasteiger partial charge on any atom is -0.325 e. The molecule has 2 rings (SSSR count). The number of rotatable bonds is 4. The first-order valence-corrected chi connectivity index (χ1v) is 6.49. The number of aryl methyl sites for hydroxylation is 1. The van der Waals surface area contributed by atoms with Crippen LogP contribution in [-0.2, 0) is 11.8 Å². The number of carbonyl (C=O) groups is 1. The Bertz CT molecular complexity index is 538. The highest BCUT2D eigenvalue weighted by molar-refractivity contribution is 7.99. The van der Waals surface area contributed by atoms with Gasteiger partial charge in [-0.3, -0.25) is 4.79 Å². The van der Waals surface area contributed by atoms with E-state index in [2.05, 4.69) is 15.5 Å². The number of thioether (sulfide) groups is 1. The van der Waals surface area contributed by atoms with Crippen LogP contribution in [0.5, 0.6) is 0 Å². The molecule has 2 aromatic rings. The Balaban J connectivity index is 1.87. The van der Waals surface area contributed by atoms with Crippen LogP contribution in [0.4, 0.5) is 5.69 Å². The molecule has 0 atom stereocenters. The van der Waals surface area contributed by atoms with Gasteiger partial charge in [0.25, 0.3) is 0 Å². The maximum absolute atomic E-state index is 11.7. The molecule has 1 amide bonds. The Hall–Kier alpha value is -1.82. The Kier molecular flexibility index (Phi) is 3.99. The standard InChI is InChI=1S/C12H14N4OS/c1-9-14-15-12(16(9)2)18-8-11(17)13-10-6-4-3-5-7-10/h3-7H,8H2,1-2H3,(H,13,17). The number of amides is 1. The lowest BCUT2D eigenvalue weighted by Crippen LogP contribution is -2.14. The predicted octanol–water partition coefficient (Wildman–Crippen LogP) is 1.85. The fourth-order valence-corrected chi connectivity index (χ4v) is 2.12. The van der Waals surface area contributed by atoms with Crippen molar-refractivity contribution in [3.05, 3.63) is 36.2 Å². The minimum absolute atomic E-state index is 0.0492. The van der Waals surface area contributed by atoms with Crippen molar-refractivity contribution in [2.45, 2.75) is 12.1 Å². The number of aromatic nitrogens is 3. The molecule has 5 nitrogen and oxygen atoms in total. The number of hydrogen-bond acceptors (Lipinski definition) is 4. The molecule has 0 unspecified atom stereocenters.